The summed E-state index contributed by atoms with van der Waals surface area (Å²) in [5.41, 5.74) is -0.0538. The predicted molar refractivity (Wildman–Crippen MR) is 86.4 cm³/mol. The van der Waals surface area contributed by atoms with Crippen molar-refractivity contribution >= 4 is 11.8 Å². The van der Waals surface area contributed by atoms with E-state index >= 15 is 0 Å². The van der Waals surface area contributed by atoms with E-state index in [0.29, 0.717) is 18.0 Å². The van der Waals surface area contributed by atoms with E-state index in [1.165, 1.54) is 4.90 Å². The van der Waals surface area contributed by atoms with Gasteiger partial charge in [0.2, 0.25) is 0 Å². The molecule has 0 aliphatic carbocycles. The molecule has 22 heavy (non-hydrogen) atoms. The van der Waals surface area contributed by atoms with E-state index < -0.39 is 18.4 Å². The monoisotopic (exact) mass is 311 g/mol. The van der Waals surface area contributed by atoms with Gasteiger partial charge in [0, 0.05) is 6.07 Å². The average molecular weight is 311 g/mol. The number of halogens is 1. The lowest BCUT2D eigenvalue weighted by Gasteiger charge is -2.27. The van der Waals surface area contributed by atoms with Crippen LogP contribution in [0, 0.1) is 0 Å². The topological polar surface area (TPSA) is 38.8 Å². The Bertz CT molecular complexity index is 471. The minimum Gasteiger partial charge on any atom is -0.494 e. The fourth-order valence-electron chi connectivity index (χ4n) is 1.80. The average Bonchev–Trinajstić information content (AvgIpc) is 2.43. The molecule has 0 saturated heterocycles. The third-order valence-corrected chi connectivity index (χ3v) is 2.82. The molecule has 0 aliphatic heterocycles. The van der Waals surface area contributed by atoms with Gasteiger partial charge in [-0.1, -0.05) is 19.4 Å². The quantitative estimate of drug-likeness (QED) is 0.692. The van der Waals surface area contributed by atoms with Crippen LogP contribution in [-0.2, 0) is 4.74 Å². The Morgan fingerprint density at radius 1 is 1.32 bits per heavy atom. The number of carbonyl (C=O) groups excluding carboxylic acids is 1. The minimum atomic E-state index is -0.639. The fourth-order valence-corrected chi connectivity index (χ4v) is 1.80. The van der Waals surface area contributed by atoms with Crippen LogP contribution in [0.5, 0.6) is 5.75 Å². The van der Waals surface area contributed by atoms with Gasteiger partial charge in [0.1, 0.15) is 18.0 Å². The summed E-state index contributed by atoms with van der Waals surface area (Å²) in [5, 5.41) is 0. The van der Waals surface area contributed by atoms with E-state index in [9.17, 15) is 9.18 Å². The molecule has 0 aliphatic rings. The number of carbonyl (C=O) groups is 1. The maximum atomic E-state index is 12.8. The number of ether oxygens (including phenoxy) is 2. The molecule has 0 atom stereocenters. The molecule has 4 nitrogen and oxygen atoms in total. The SMILES string of the molecule is CCCCOc1cccc(N(CCF)C(=O)OC(C)(C)C)c1. The lowest BCUT2D eigenvalue weighted by Crippen LogP contribution is -2.38. The number of rotatable bonds is 7. The van der Waals surface area contributed by atoms with Crippen LogP contribution >= 0.6 is 0 Å². The first-order valence-electron chi connectivity index (χ1n) is 7.66. The molecule has 0 saturated carbocycles. The van der Waals surface area contributed by atoms with E-state index in [4.69, 9.17) is 9.47 Å². The van der Waals surface area contributed by atoms with Gasteiger partial charge in [-0.25, -0.2) is 9.18 Å². The minimum absolute atomic E-state index is 0.0483. The van der Waals surface area contributed by atoms with Gasteiger partial charge in [0.05, 0.1) is 18.8 Å². The van der Waals surface area contributed by atoms with Gasteiger partial charge >= 0.3 is 6.09 Å². The maximum Gasteiger partial charge on any atom is 0.414 e. The molecule has 0 aromatic heterocycles. The Morgan fingerprint density at radius 2 is 2.05 bits per heavy atom. The fraction of sp³-hybridized carbons (Fsp3) is 0.588. The van der Waals surface area contributed by atoms with Crippen molar-refractivity contribution in [3.8, 4) is 5.75 Å². The summed E-state index contributed by atoms with van der Waals surface area (Å²) in [6.45, 7) is 7.36. The summed E-state index contributed by atoms with van der Waals surface area (Å²) in [5.74, 6) is 0.665. The lowest BCUT2D eigenvalue weighted by atomic mass is 10.2. The molecule has 0 bridgehead atoms. The standard InChI is InChI=1S/C17H26FNO3/c1-5-6-12-21-15-9-7-8-14(13-15)19(11-10-18)16(20)22-17(2,3)4/h7-9,13H,5-6,10-12H2,1-4H3. The Kier molecular flexibility index (Phi) is 7.15. The van der Waals surface area contributed by atoms with Gasteiger partial charge in [-0.05, 0) is 39.3 Å². The largest absolute Gasteiger partial charge is 0.494 e. The second-order valence-corrected chi connectivity index (χ2v) is 6.02. The summed E-state index contributed by atoms with van der Waals surface area (Å²) in [6, 6.07) is 7.08. The molecule has 1 rings (SSSR count). The zero-order valence-electron chi connectivity index (χ0n) is 13.9. The van der Waals surface area contributed by atoms with Crippen LogP contribution in [0.2, 0.25) is 0 Å². The third-order valence-electron chi connectivity index (χ3n) is 2.82. The summed E-state index contributed by atoms with van der Waals surface area (Å²) >= 11 is 0. The molecule has 124 valence electrons. The van der Waals surface area contributed by atoms with Gasteiger partial charge in [-0.2, -0.15) is 0 Å². The van der Waals surface area contributed by atoms with Crippen molar-refractivity contribution in [2.75, 3.05) is 24.7 Å². The van der Waals surface area contributed by atoms with Crippen molar-refractivity contribution in [3.05, 3.63) is 24.3 Å². The van der Waals surface area contributed by atoms with Crippen molar-refractivity contribution < 1.29 is 18.7 Å². The maximum absolute atomic E-state index is 12.8. The van der Waals surface area contributed by atoms with E-state index in [1.807, 2.05) is 6.07 Å². The summed E-state index contributed by atoms with van der Waals surface area (Å²) < 4.78 is 23.7. The van der Waals surface area contributed by atoms with E-state index in [0.717, 1.165) is 12.8 Å². The third kappa shape index (κ3) is 6.33. The zero-order valence-corrected chi connectivity index (χ0v) is 13.9. The summed E-state index contributed by atoms with van der Waals surface area (Å²) in [4.78, 5) is 13.5. The first-order valence-corrected chi connectivity index (χ1v) is 7.66. The van der Waals surface area contributed by atoms with Crippen LogP contribution < -0.4 is 9.64 Å². The Morgan fingerprint density at radius 3 is 2.64 bits per heavy atom. The predicted octanol–water partition coefficient (Wildman–Crippen LogP) is 4.58. The van der Waals surface area contributed by atoms with Crippen molar-refractivity contribution in [2.24, 2.45) is 0 Å². The van der Waals surface area contributed by atoms with Crippen molar-refractivity contribution in [1.82, 2.24) is 0 Å². The number of amides is 1. The van der Waals surface area contributed by atoms with Gasteiger partial charge in [0.25, 0.3) is 0 Å². The molecule has 1 aromatic carbocycles. The van der Waals surface area contributed by atoms with E-state index in [-0.39, 0.29) is 6.54 Å². The molecular formula is C17H26FNO3. The number of alkyl halides is 1. The van der Waals surface area contributed by atoms with Crippen molar-refractivity contribution in [2.45, 2.75) is 46.1 Å². The number of unbranched alkanes of at least 4 members (excludes halogenated alkanes) is 1. The van der Waals surface area contributed by atoms with Crippen LogP contribution in [-0.4, -0.2) is 31.5 Å². The summed E-state index contributed by atoms with van der Waals surface area (Å²) in [6.07, 6.45) is 1.45. The Balaban J connectivity index is 2.86. The molecule has 0 radical (unpaired) electrons. The van der Waals surface area contributed by atoms with E-state index in [2.05, 4.69) is 6.92 Å². The smallest absolute Gasteiger partial charge is 0.414 e. The molecule has 0 unspecified atom stereocenters. The van der Waals surface area contributed by atoms with Gasteiger partial charge in [-0.3, -0.25) is 4.90 Å². The number of nitrogens with zero attached hydrogens (tertiary/aromatic N) is 1. The molecule has 1 amide bonds. The highest BCUT2D eigenvalue weighted by Crippen LogP contribution is 2.23. The molecule has 0 N–H and O–H groups in total. The highest BCUT2D eigenvalue weighted by Gasteiger charge is 2.23. The first kappa shape index (κ1) is 18.3. The second kappa shape index (κ2) is 8.61. The lowest BCUT2D eigenvalue weighted by molar-refractivity contribution is 0.0578. The van der Waals surface area contributed by atoms with Crippen LogP contribution in [0.15, 0.2) is 24.3 Å². The highest BCUT2D eigenvalue weighted by atomic mass is 19.1. The molecular weight excluding hydrogens is 285 g/mol. The number of anilines is 1. The molecule has 1 aromatic rings. The molecule has 0 spiro atoms. The zero-order chi connectivity index (χ0) is 16.6. The number of benzene rings is 1. The van der Waals surface area contributed by atoms with Crippen LogP contribution in [0.1, 0.15) is 40.5 Å². The second-order valence-electron chi connectivity index (χ2n) is 6.02. The molecule has 5 heteroatoms. The van der Waals surface area contributed by atoms with Gasteiger partial charge < -0.3 is 9.47 Å². The van der Waals surface area contributed by atoms with Crippen LogP contribution in [0.4, 0.5) is 14.9 Å². The highest BCUT2D eigenvalue weighted by molar-refractivity contribution is 5.88. The van der Waals surface area contributed by atoms with E-state index in [1.54, 1.807) is 39.0 Å². The van der Waals surface area contributed by atoms with Gasteiger partial charge in [0.15, 0.2) is 0 Å². The Hall–Kier alpha value is -1.78. The normalized spacial score (nSPS) is 11.1. The van der Waals surface area contributed by atoms with Crippen molar-refractivity contribution in [1.29, 1.82) is 0 Å². The summed E-state index contributed by atoms with van der Waals surface area (Å²) in [7, 11) is 0. The number of hydrogen-bond donors (Lipinski definition) is 0. The van der Waals surface area contributed by atoms with Crippen LogP contribution in [0.25, 0.3) is 0 Å². The van der Waals surface area contributed by atoms with Crippen LogP contribution in [0.3, 0.4) is 0 Å². The number of hydrogen-bond acceptors (Lipinski definition) is 3. The van der Waals surface area contributed by atoms with Gasteiger partial charge in [-0.15, -0.1) is 0 Å². The molecule has 0 heterocycles. The Labute approximate surface area is 132 Å². The van der Waals surface area contributed by atoms with Crippen molar-refractivity contribution in [3.63, 3.8) is 0 Å². The molecule has 0 fully saturated rings. The first-order chi connectivity index (χ1) is 10.4.